The molecule has 0 aromatic heterocycles. The van der Waals surface area contributed by atoms with Gasteiger partial charge in [0, 0.05) is 29.7 Å². The number of nitrogens with one attached hydrogen (secondary N) is 1. The van der Waals surface area contributed by atoms with Crippen molar-refractivity contribution in [2.45, 2.75) is 44.1 Å². The van der Waals surface area contributed by atoms with E-state index in [9.17, 15) is 29.3 Å². The lowest BCUT2D eigenvalue weighted by Crippen LogP contribution is -2.47. The lowest BCUT2D eigenvalue weighted by atomic mass is 9.55. The highest BCUT2D eigenvalue weighted by molar-refractivity contribution is 6.10. The molecule has 3 aromatic rings. The van der Waals surface area contributed by atoms with Crippen molar-refractivity contribution in [3.8, 4) is 0 Å². The third kappa shape index (κ3) is 4.43. The Labute approximate surface area is 241 Å². The molecule has 0 unspecified atom stereocenters. The van der Waals surface area contributed by atoms with Gasteiger partial charge < -0.3 is 10.1 Å². The Morgan fingerprint density at radius 1 is 0.905 bits per heavy atom. The third-order valence-corrected chi connectivity index (χ3v) is 8.58. The molecule has 4 aliphatic rings. The van der Waals surface area contributed by atoms with Crippen LogP contribution < -0.4 is 5.32 Å². The second-order valence-corrected chi connectivity index (χ2v) is 10.9. The molecule has 10 nitrogen and oxygen atoms in total. The van der Waals surface area contributed by atoms with Gasteiger partial charge in [0.2, 0.25) is 11.8 Å². The number of hydrogen-bond acceptors (Lipinski definition) is 7. The fraction of sp³-hybridized carbons (Fsp3) is 0.312. The van der Waals surface area contributed by atoms with Crippen molar-refractivity contribution in [3.63, 3.8) is 0 Å². The molecule has 3 aromatic carbocycles. The molecule has 214 valence electrons. The van der Waals surface area contributed by atoms with Crippen molar-refractivity contribution >= 4 is 35.1 Å². The highest BCUT2D eigenvalue weighted by atomic mass is 16.6. The summed E-state index contributed by atoms with van der Waals surface area (Å²) >= 11 is 0. The van der Waals surface area contributed by atoms with Gasteiger partial charge in [0.05, 0.1) is 16.8 Å². The van der Waals surface area contributed by atoms with Gasteiger partial charge in [0.25, 0.3) is 11.6 Å². The number of rotatable bonds is 9. The number of unbranched alkanes of at least 4 members (excludes halogenated alkanes) is 1. The van der Waals surface area contributed by atoms with Crippen LogP contribution in [-0.4, -0.2) is 46.2 Å². The van der Waals surface area contributed by atoms with Crippen LogP contribution in [0.15, 0.2) is 72.8 Å². The minimum atomic E-state index is -1.16. The van der Waals surface area contributed by atoms with Crippen molar-refractivity contribution in [2.75, 3.05) is 11.9 Å². The van der Waals surface area contributed by atoms with Crippen LogP contribution in [0.3, 0.4) is 0 Å². The van der Waals surface area contributed by atoms with Crippen LogP contribution in [0.4, 0.5) is 11.4 Å². The van der Waals surface area contributed by atoms with E-state index in [2.05, 4.69) is 5.32 Å². The van der Waals surface area contributed by atoms with Gasteiger partial charge in [-0.05, 0) is 34.7 Å². The number of imide groups is 1. The number of carbonyl (C=O) groups excluding carboxylic acids is 4. The molecule has 10 heteroatoms. The van der Waals surface area contributed by atoms with E-state index >= 15 is 0 Å². The van der Waals surface area contributed by atoms with E-state index < -0.39 is 41.3 Å². The number of likely N-dealkylation sites (tertiary alicyclic amines) is 1. The monoisotopic (exact) mass is 567 g/mol. The molecule has 1 fully saturated rings. The van der Waals surface area contributed by atoms with Gasteiger partial charge in [0.1, 0.15) is 6.04 Å². The number of benzene rings is 3. The average Bonchev–Trinajstić information content (AvgIpc) is 3.26. The molecule has 0 saturated carbocycles. The summed E-state index contributed by atoms with van der Waals surface area (Å²) < 4.78 is 5.34. The number of carbonyl (C=O) groups is 4. The van der Waals surface area contributed by atoms with Gasteiger partial charge >= 0.3 is 5.97 Å². The average molecular weight is 568 g/mol. The molecular formula is C32H29N3O7. The lowest BCUT2D eigenvalue weighted by molar-refractivity contribution is -0.384. The zero-order chi connectivity index (χ0) is 29.5. The molecule has 1 N–H and O–H groups in total. The Morgan fingerprint density at radius 2 is 1.45 bits per heavy atom. The summed E-state index contributed by atoms with van der Waals surface area (Å²) in [5.41, 5.74) is 4.13. The molecular weight excluding hydrogens is 538 g/mol. The van der Waals surface area contributed by atoms with Gasteiger partial charge in [-0.25, -0.2) is 4.79 Å². The van der Waals surface area contributed by atoms with Gasteiger partial charge in [-0.3, -0.25) is 29.4 Å². The van der Waals surface area contributed by atoms with E-state index in [4.69, 9.17) is 4.74 Å². The van der Waals surface area contributed by atoms with E-state index in [0.29, 0.717) is 6.42 Å². The predicted octanol–water partition coefficient (Wildman–Crippen LogP) is 4.53. The van der Waals surface area contributed by atoms with Gasteiger partial charge in [0.15, 0.2) is 6.61 Å². The number of non-ortho nitro benzene ring substituents is 1. The topological polar surface area (TPSA) is 136 Å². The SMILES string of the molecule is CCCC[C@H](C(=O)OCC(=O)Nc1cccc([N+](=O)[O-])c1)N1C(=O)[C@@H]2C3c4ccccc4C(c4ccccc43)[C@H]2C1=O. The predicted molar refractivity (Wildman–Crippen MR) is 151 cm³/mol. The number of nitrogens with zero attached hydrogens (tertiary/aromatic N) is 2. The van der Waals surface area contributed by atoms with Crippen LogP contribution in [0.25, 0.3) is 0 Å². The standard InChI is InChI=1S/C32H29N3O7/c1-2-3-15-24(32(39)42-17-25(36)33-18-9-8-10-19(16-18)35(40)41)34-30(37)28-26-20-11-4-5-12-21(20)27(29(28)31(34)38)23-14-7-6-13-22(23)26/h4-14,16,24,26-29H,2-3,15,17H2,1H3,(H,33,36)/t24-,26?,27?,28-,29-/m1/s1. The van der Waals surface area contributed by atoms with E-state index in [-0.39, 0.29) is 41.4 Å². The number of amides is 3. The minimum Gasteiger partial charge on any atom is -0.454 e. The molecule has 2 bridgehead atoms. The number of esters is 1. The van der Waals surface area contributed by atoms with Crippen LogP contribution in [-0.2, 0) is 23.9 Å². The summed E-state index contributed by atoms with van der Waals surface area (Å²) in [5.74, 6) is -4.14. The molecule has 3 atom stereocenters. The summed E-state index contributed by atoms with van der Waals surface area (Å²) in [6.07, 6.45) is 1.51. The van der Waals surface area contributed by atoms with Crippen LogP contribution in [0.2, 0.25) is 0 Å². The normalized spacial score (nSPS) is 22.2. The summed E-state index contributed by atoms with van der Waals surface area (Å²) in [6, 6.07) is 20.1. The number of nitro benzene ring substituents is 1. The zero-order valence-corrected chi connectivity index (χ0v) is 22.9. The van der Waals surface area contributed by atoms with Crippen molar-refractivity contribution in [1.82, 2.24) is 4.90 Å². The largest absolute Gasteiger partial charge is 0.454 e. The molecule has 1 heterocycles. The first-order valence-electron chi connectivity index (χ1n) is 14.1. The number of anilines is 1. The third-order valence-electron chi connectivity index (χ3n) is 8.58. The summed E-state index contributed by atoms with van der Waals surface area (Å²) in [4.78, 5) is 65.7. The quantitative estimate of drug-likeness (QED) is 0.174. The highest BCUT2D eigenvalue weighted by Gasteiger charge is 2.63. The van der Waals surface area contributed by atoms with Crippen molar-refractivity contribution < 1.29 is 28.8 Å². The first-order chi connectivity index (χ1) is 20.3. The zero-order valence-electron chi connectivity index (χ0n) is 22.9. The summed E-state index contributed by atoms with van der Waals surface area (Å²) in [6.45, 7) is 1.27. The van der Waals surface area contributed by atoms with Crippen LogP contribution >= 0.6 is 0 Å². The molecule has 3 amide bonds. The van der Waals surface area contributed by atoms with Crippen molar-refractivity contribution in [2.24, 2.45) is 11.8 Å². The van der Waals surface area contributed by atoms with Crippen molar-refractivity contribution in [3.05, 3.63) is 105 Å². The summed E-state index contributed by atoms with van der Waals surface area (Å²) in [7, 11) is 0. The van der Waals surface area contributed by atoms with E-state index in [1.807, 2.05) is 55.5 Å². The maximum atomic E-state index is 14.1. The van der Waals surface area contributed by atoms with Crippen LogP contribution in [0.5, 0.6) is 0 Å². The Balaban J connectivity index is 1.24. The molecule has 0 radical (unpaired) electrons. The van der Waals surface area contributed by atoms with Gasteiger partial charge in [-0.1, -0.05) is 74.4 Å². The molecule has 42 heavy (non-hydrogen) atoms. The fourth-order valence-corrected chi connectivity index (χ4v) is 6.88. The van der Waals surface area contributed by atoms with E-state index in [1.165, 1.54) is 24.3 Å². The molecule has 0 spiro atoms. The number of hydrogen-bond donors (Lipinski definition) is 1. The lowest BCUT2D eigenvalue weighted by Gasteiger charge is -2.45. The first-order valence-corrected chi connectivity index (χ1v) is 14.1. The minimum absolute atomic E-state index is 0.177. The first kappa shape index (κ1) is 27.3. The van der Waals surface area contributed by atoms with Gasteiger partial charge in [-0.2, -0.15) is 0 Å². The second-order valence-electron chi connectivity index (χ2n) is 10.9. The van der Waals surface area contributed by atoms with Crippen LogP contribution in [0.1, 0.15) is 60.3 Å². The molecule has 3 aliphatic carbocycles. The number of nitro groups is 1. The Morgan fingerprint density at radius 3 is 1.95 bits per heavy atom. The molecule has 1 saturated heterocycles. The highest BCUT2D eigenvalue weighted by Crippen LogP contribution is 2.61. The van der Waals surface area contributed by atoms with E-state index in [1.54, 1.807) is 0 Å². The maximum Gasteiger partial charge on any atom is 0.329 e. The summed E-state index contributed by atoms with van der Waals surface area (Å²) in [5, 5.41) is 13.5. The van der Waals surface area contributed by atoms with Crippen LogP contribution in [0, 0.1) is 22.0 Å². The number of ether oxygens (including phenoxy) is 1. The van der Waals surface area contributed by atoms with Crippen molar-refractivity contribution in [1.29, 1.82) is 0 Å². The molecule has 7 rings (SSSR count). The smallest absolute Gasteiger partial charge is 0.329 e. The Hall–Kier alpha value is -4.86. The fourth-order valence-electron chi connectivity index (χ4n) is 6.88. The molecule has 1 aliphatic heterocycles. The second kappa shape index (κ2) is 10.8. The van der Waals surface area contributed by atoms with Gasteiger partial charge in [-0.15, -0.1) is 0 Å². The maximum absolute atomic E-state index is 14.1. The Kier molecular flexibility index (Phi) is 7.06. The van der Waals surface area contributed by atoms with E-state index in [0.717, 1.165) is 33.6 Å². The Bertz CT molecular complexity index is 1500.